The van der Waals surface area contributed by atoms with E-state index in [4.69, 9.17) is 52.6 Å². The van der Waals surface area contributed by atoms with Crippen LogP contribution in [0.4, 0.5) is 0 Å². The molecule has 0 aliphatic carbocycles. The van der Waals surface area contributed by atoms with E-state index >= 15 is 0 Å². The van der Waals surface area contributed by atoms with Crippen molar-refractivity contribution >= 4 is 31.2 Å². The summed E-state index contributed by atoms with van der Waals surface area (Å²) in [5.41, 5.74) is 0. The van der Waals surface area contributed by atoms with Crippen LogP contribution in [0.5, 0.6) is 0 Å². The number of rotatable bonds is 0. The van der Waals surface area contributed by atoms with Gasteiger partial charge in [0.05, 0.1) is 0 Å². The van der Waals surface area contributed by atoms with Crippen LogP contribution < -0.4 is 0 Å². The van der Waals surface area contributed by atoms with Crippen LogP contribution in [0.25, 0.3) is 0 Å². The van der Waals surface area contributed by atoms with Crippen molar-refractivity contribution in [2.75, 3.05) is 0 Å². The Morgan fingerprint density at radius 2 is 0.500 bits per heavy atom. The molecule has 0 fully saturated rings. The van der Waals surface area contributed by atoms with Gasteiger partial charge in [-0.1, -0.05) is 0 Å². The molecule has 0 aliphatic heterocycles. The van der Waals surface area contributed by atoms with Gasteiger partial charge in [-0.05, 0) is 0 Å². The second kappa shape index (κ2) is 14.5. The first kappa shape index (κ1) is 36.5. The average molecular weight is 469 g/mol. The van der Waals surface area contributed by atoms with Crippen molar-refractivity contribution in [3.63, 3.8) is 0 Å². The van der Waals surface area contributed by atoms with Gasteiger partial charge in [0.25, 0.3) is 0 Å². The minimum absolute atomic E-state index is 0. The van der Waals surface area contributed by atoms with Gasteiger partial charge in [0.2, 0.25) is 0 Å². The predicted octanol–water partition coefficient (Wildman–Crippen LogP) is -4.02. The Balaban J connectivity index is -0.0000000277. The third-order valence-electron chi connectivity index (χ3n) is 0. The molecule has 0 saturated carbocycles. The molecule has 2 radical (unpaired) electrons. The molecule has 0 aromatic rings. The largest absolute Gasteiger partial charge is 2.00 e. The molecule has 0 heterocycles. The Morgan fingerprint density at radius 3 is 0.500 bits per heavy atom. The Morgan fingerprint density at radius 1 is 0.500 bits per heavy atom. The van der Waals surface area contributed by atoms with E-state index in [2.05, 4.69) is 0 Å². The second-order valence-electron chi connectivity index (χ2n) is 1.22. The molecular weight excluding hydrogens is 469 g/mol. The maximum atomic E-state index is 8.52. The van der Waals surface area contributed by atoms with E-state index in [-0.39, 0.29) is 50.3 Å². The fraction of sp³-hybridized carbons (Fsp3) is 0. The molecule has 0 aliphatic rings. The van der Waals surface area contributed by atoms with Crippen molar-refractivity contribution in [3.05, 3.63) is 0 Å². The van der Waals surface area contributed by atoms with Crippen molar-refractivity contribution in [1.82, 2.24) is 0 Å². The molecule has 0 aromatic carbocycles. The smallest absolute Gasteiger partial charge is 0.759 e. The van der Waals surface area contributed by atoms with Crippen LogP contribution in [0, 0.1) is 0 Å². The molecule has 0 atom stereocenters. The first-order valence-electron chi connectivity index (χ1n) is 2.00. The van der Waals surface area contributed by atoms with Crippen LogP contribution in [0.15, 0.2) is 0 Å². The summed E-state index contributed by atoms with van der Waals surface area (Å²) < 4.78 is 102. The minimum atomic E-state index is -5.17. The SMILES string of the molecule is O=S(=O)([O-])[O-].O=S(=O)([O-])[O-].O=S(=O)([O-])[O-].[Co+2].[Cu+2].[Ni+2]. The van der Waals surface area contributed by atoms with Gasteiger partial charge in [-0.25, -0.2) is 0 Å². The summed E-state index contributed by atoms with van der Waals surface area (Å²) in [5.74, 6) is 0. The summed E-state index contributed by atoms with van der Waals surface area (Å²) in [6, 6.07) is 0. The summed E-state index contributed by atoms with van der Waals surface area (Å²) >= 11 is 0. The van der Waals surface area contributed by atoms with Gasteiger partial charge in [0, 0.05) is 31.2 Å². The van der Waals surface area contributed by atoms with E-state index in [0.717, 1.165) is 0 Å². The normalized spacial score (nSPS) is 9.67. The molecular formula is CoCuNiO12S3. The molecule has 12 nitrogen and oxygen atoms in total. The maximum absolute atomic E-state index is 8.52. The van der Waals surface area contributed by atoms with Crippen LogP contribution in [-0.4, -0.2) is 52.6 Å². The van der Waals surface area contributed by atoms with E-state index in [1.165, 1.54) is 0 Å². The van der Waals surface area contributed by atoms with Crippen LogP contribution in [0.2, 0.25) is 0 Å². The van der Waals surface area contributed by atoms with E-state index in [9.17, 15) is 0 Å². The third kappa shape index (κ3) is 3490. The standard InChI is InChI=1S/Co.Cu.Ni.3H2O4S/c;;;3*1-5(2,3)4/h;;;3*(H2,1,2,3,4)/q3*+2;;;/p-6. The van der Waals surface area contributed by atoms with Gasteiger partial charge in [0.1, 0.15) is 0 Å². The monoisotopic (exact) mass is 468 g/mol. The summed E-state index contributed by atoms with van der Waals surface area (Å²) in [4.78, 5) is 0. The van der Waals surface area contributed by atoms with Crippen LogP contribution in [-0.2, 0) is 81.5 Å². The van der Waals surface area contributed by atoms with Crippen molar-refractivity contribution in [1.29, 1.82) is 0 Å². The predicted molar refractivity (Wildman–Crippen MR) is 31.4 cm³/mol. The summed E-state index contributed by atoms with van der Waals surface area (Å²) in [7, 11) is -15.5. The van der Waals surface area contributed by atoms with Crippen LogP contribution in [0.1, 0.15) is 0 Å². The molecule has 0 bridgehead atoms. The average Bonchev–Trinajstić information content (AvgIpc) is 1.41. The first-order valence-corrected chi connectivity index (χ1v) is 6.00. The zero-order valence-electron chi connectivity index (χ0n) is 7.07. The number of hydrogen-bond donors (Lipinski definition) is 0. The van der Waals surface area contributed by atoms with E-state index in [1.807, 2.05) is 0 Å². The molecule has 0 aromatic heterocycles. The topological polar surface area (TPSA) is 241 Å². The third-order valence-corrected chi connectivity index (χ3v) is 0. The van der Waals surface area contributed by atoms with Gasteiger partial charge in [-0.15, -0.1) is 0 Å². The van der Waals surface area contributed by atoms with Gasteiger partial charge >= 0.3 is 50.3 Å². The van der Waals surface area contributed by atoms with Gasteiger partial charge < -0.3 is 27.3 Å². The maximum Gasteiger partial charge on any atom is 2.00 e. The van der Waals surface area contributed by atoms with Crippen molar-refractivity contribution in [2.24, 2.45) is 0 Å². The molecule has 0 rings (SSSR count). The Kier molecular flexibility index (Phi) is 29.5. The zero-order valence-corrected chi connectivity index (χ0v) is 12.5. The Bertz CT molecular complexity index is 348. The molecule has 0 amide bonds. The summed E-state index contributed by atoms with van der Waals surface area (Å²) in [6.45, 7) is 0. The molecule has 18 heavy (non-hydrogen) atoms. The number of hydrogen-bond acceptors (Lipinski definition) is 12. The van der Waals surface area contributed by atoms with E-state index < -0.39 is 31.2 Å². The summed E-state index contributed by atoms with van der Waals surface area (Å²) in [6.07, 6.45) is 0. The van der Waals surface area contributed by atoms with Crippen LogP contribution >= 0.6 is 0 Å². The summed E-state index contributed by atoms with van der Waals surface area (Å²) in [5, 5.41) is 0. The van der Waals surface area contributed by atoms with Gasteiger partial charge in [0.15, 0.2) is 0 Å². The van der Waals surface area contributed by atoms with E-state index in [0.29, 0.717) is 0 Å². The minimum Gasteiger partial charge on any atom is -0.759 e. The fourth-order valence-electron chi connectivity index (χ4n) is 0. The van der Waals surface area contributed by atoms with Gasteiger partial charge in [-0.2, -0.15) is 0 Å². The van der Waals surface area contributed by atoms with Gasteiger partial charge in [-0.3, -0.25) is 25.3 Å². The Labute approximate surface area is 133 Å². The molecule has 0 saturated heterocycles. The van der Waals surface area contributed by atoms with Crippen LogP contribution in [0.3, 0.4) is 0 Å². The molecule has 120 valence electrons. The zero-order chi connectivity index (χ0) is 13.5. The molecule has 0 unspecified atom stereocenters. The Hall–Kier alpha value is 1.13. The molecule has 18 heteroatoms. The van der Waals surface area contributed by atoms with Crippen molar-refractivity contribution in [3.8, 4) is 0 Å². The molecule has 0 spiro atoms. The van der Waals surface area contributed by atoms with Crippen molar-refractivity contribution in [2.45, 2.75) is 0 Å². The van der Waals surface area contributed by atoms with E-state index in [1.54, 1.807) is 0 Å². The fourth-order valence-corrected chi connectivity index (χ4v) is 0. The quantitative estimate of drug-likeness (QED) is 0.187. The first-order chi connectivity index (χ1) is 6.00. The van der Waals surface area contributed by atoms with Crippen molar-refractivity contribution < 1.29 is 103 Å². The second-order valence-corrected chi connectivity index (χ2v) is 3.67. The molecule has 0 N–H and O–H groups in total.